The van der Waals surface area contributed by atoms with E-state index in [0.717, 1.165) is 16.6 Å². The summed E-state index contributed by atoms with van der Waals surface area (Å²) in [5.41, 5.74) is 8.24. The molecule has 3 heteroatoms. The summed E-state index contributed by atoms with van der Waals surface area (Å²) in [5.74, 6) is 0.657. The Kier molecular flexibility index (Phi) is 4.81. The smallest absolute Gasteiger partial charge is 0.0508 e. The third-order valence-corrected chi connectivity index (χ3v) is 3.18. The van der Waals surface area contributed by atoms with E-state index >= 15 is 0 Å². The number of hydrogen-bond acceptors (Lipinski definition) is 2. The van der Waals surface area contributed by atoms with Crippen LogP contribution in [0.2, 0.25) is 0 Å². The molecular weight excluding hydrogens is 264 g/mol. The quantitative estimate of drug-likeness (QED) is 0.916. The first-order valence-electron chi connectivity index (χ1n) is 5.68. The molecule has 0 radical (unpaired) electrons. The topological polar surface area (TPSA) is 29.3 Å². The summed E-state index contributed by atoms with van der Waals surface area (Å²) in [6.07, 6.45) is 0. The van der Waals surface area contributed by atoms with Crippen LogP contribution in [0.15, 0.2) is 22.7 Å². The molecule has 0 bridgehead atoms. The molecule has 90 valence electrons. The number of hydrogen-bond donors (Lipinski definition) is 1. The zero-order valence-corrected chi connectivity index (χ0v) is 12.1. The van der Waals surface area contributed by atoms with Crippen molar-refractivity contribution in [2.75, 3.05) is 18.5 Å². The fourth-order valence-electron chi connectivity index (χ4n) is 1.76. The Balaban J connectivity index is 2.90. The van der Waals surface area contributed by atoms with Gasteiger partial charge in [0.2, 0.25) is 0 Å². The van der Waals surface area contributed by atoms with Crippen molar-refractivity contribution in [3.63, 3.8) is 0 Å². The van der Waals surface area contributed by atoms with E-state index in [1.807, 2.05) is 6.92 Å². The van der Waals surface area contributed by atoms with E-state index in [2.05, 4.69) is 59.9 Å². The molecule has 0 unspecified atom stereocenters. The molecule has 1 aromatic rings. The van der Waals surface area contributed by atoms with E-state index in [4.69, 9.17) is 5.73 Å². The number of rotatable bonds is 4. The highest BCUT2D eigenvalue weighted by Crippen LogP contribution is 2.28. The van der Waals surface area contributed by atoms with Crippen LogP contribution in [0.5, 0.6) is 0 Å². The van der Waals surface area contributed by atoms with Gasteiger partial charge in [-0.1, -0.05) is 19.9 Å². The van der Waals surface area contributed by atoms with Crippen LogP contribution < -0.4 is 10.6 Å². The zero-order chi connectivity index (χ0) is 12.3. The fourth-order valence-corrected chi connectivity index (χ4v) is 2.46. The Morgan fingerprint density at radius 3 is 2.38 bits per heavy atom. The number of nitrogens with two attached hydrogens (primary N) is 1. The summed E-state index contributed by atoms with van der Waals surface area (Å²) in [7, 11) is 2.12. The van der Waals surface area contributed by atoms with E-state index in [1.165, 1.54) is 5.69 Å². The Labute approximate surface area is 107 Å². The molecule has 0 saturated heterocycles. The SMILES string of the molecule is CC(C)CN(C)c1ccc([C@@H](C)N)cc1Br. The average Bonchev–Trinajstić information content (AvgIpc) is 2.15. The van der Waals surface area contributed by atoms with Gasteiger partial charge in [0, 0.05) is 24.1 Å². The van der Waals surface area contributed by atoms with Gasteiger partial charge in [-0.25, -0.2) is 0 Å². The Hall–Kier alpha value is -0.540. The van der Waals surface area contributed by atoms with Gasteiger partial charge in [-0.3, -0.25) is 0 Å². The van der Waals surface area contributed by atoms with Crippen molar-refractivity contribution >= 4 is 21.6 Å². The summed E-state index contributed by atoms with van der Waals surface area (Å²) in [6, 6.07) is 6.42. The second kappa shape index (κ2) is 5.69. The van der Waals surface area contributed by atoms with Gasteiger partial charge in [-0.05, 0) is 46.5 Å². The van der Waals surface area contributed by atoms with Gasteiger partial charge in [-0.15, -0.1) is 0 Å². The van der Waals surface area contributed by atoms with Gasteiger partial charge < -0.3 is 10.6 Å². The van der Waals surface area contributed by atoms with Crippen molar-refractivity contribution in [1.82, 2.24) is 0 Å². The Morgan fingerprint density at radius 1 is 1.31 bits per heavy atom. The van der Waals surface area contributed by atoms with E-state index in [0.29, 0.717) is 5.92 Å². The minimum atomic E-state index is 0.0840. The first-order valence-corrected chi connectivity index (χ1v) is 6.47. The first kappa shape index (κ1) is 13.5. The second-order valence-electron chi connectivity index (χ2n) is 4.77. The van der Waals surface area contributed by atoms with E-state index in [-0.39, 0.29) is 6.04 Å². The average molecular weight is 285 g/mol. The maximum absolute atomic E-state index is 5.86. The standard InChI is InChI=1S/C13H21BrN2/c1-9(2)8-16(4)13-6-5-11(10(3)15)7-12(13)14/h5-7,9-10H,8,15H2,1-4H3/t10-/m1/s1. The molecule has 0 aliphatic carbocycles. The molecule has 0 aliphatic heterocycles. The van der Waals surface area contributed by atoms with Crippen molar-refractivity contribution in [2.24, 2.45) is 11.7 Å². The first-order chi connectivity index (χ1) is 7.41. The molecular formula is C13H21BrN2. The van der Waals surface area contributed by atoms with Crippen LogP contribution >= 0.6 is 15.9 Å². The van der Waals surface area contributed by atoms with Crippen LogP contribution in [0.1, 0.15) is 32.4 Å². The number of nitrogens with zero attached hydrogens (tertiary/aromatic N) is 1. The number of halogens is 1. The molecule has 1 aromatic carbocycles. The molecule has 0 spiro atoms. The minimum Gasteiger partial charge on any atom is -0.373 e. The monoisotopic (exact) mass is 284 g/mol. The molecule has 2 nitrogen and oxygen atoms in total. The van der Waals surface area contributed by atoms with Crippen LogP contribution in [0, 0.1) is 5.92 Å². The van der Waals surface area contributed by atoms with Crippen LogP contribution in [0.3, 0.4) is 0 Å². The highest BCUT2D eigenvalue weighted by molar-refractivity contribution is 9.10. The number of anilines is 1. The lowest BCUT2D eigenvalue weighted by atomic mass is 10.1. The molecule has 0 fully saturated rings. The Bertz CT molecular complexity index is 348. The molecule has 1 atom stereocenters. The van der Waals surface area contributed by atoms with Gasteiger partial charge in [0.15, 0.2) is 0 Å². The molecule has 2 N–H and O–H groups in total. The maximum Gasteiger partial charge on any atom is 0.0508 e. The molecule has 1 rings (SSSR count). The number of benzene rings is 1. The highest BCUT2D eigenvalue weighted by atomic mass is 79.9. The molecule has 0 amide bonds. The Morgan fingerprint density at radius 2 is 1.94 bits per heavy atom. The lowest BCUT2D eigenvalue weighted by Gasteiger charge is -2.23. The van der Waals surface area contributed by atoms with E-state index < -0.39 is 0 Å². The molecule has 0 heterocycles. The van der Waals surface area contributed by atoms with E-state index in [9.17, 15) is 0 Å². The van der Waals surface area contributed by atoms with Crippen molar-refractivity contribution < 1.29 is 0 Å². The van der Waals surface area contributed by atoms with Gasteiger partial charge in [0.1, 0.15) is 0 Å². The molecule has 0 aliphatic rings. The maximum atomic E-state index is 5.86. The van der Waals surface area contributed by atoms with Crippen LogP contribution in [-0.2, 0) is 0 Å². The van der Waals surface area contributed by atoms with Crippen molar-refractivity contribution in [2.45, 2.75) is 26.8 Å². The summed E-state index contributed by atoms with van der Waals surface area (Å²) in [5, 5.41) is 0. The predicted octanol–water partition coefficient (Wildman–Crippen LogP) is 3.56. The van der Waals surface area contributed by atoms with Crippen LogP contribution in [-0.4, -0.2) is 13.6 Å². The third-order valence-electron chi connectivity index (χ3n) is 2.55. The van der Waals surface area contributed by atoms with Crippen LogP contribution in [0.4, 0.5) is 5.69 Å². The summed E-state index contributed by atoms with van der Waals surface area (Å²) in [6.45, 7) is 7.50. The minimum absolute atomic E-state index is 0.0840. The fraction of sp³-hybridized carbons (Fsp3) is 0.538. The molecule has 16 heavy (non-hydrogen) atoms. The summed E-state index contributed by atoms with van der Waals surface area (Å²) >= 11 is 3.61. The highest BCUT2D eigenvalue weighted by Gasteiger charge is 2.09. The second-order valence-corrected chi connectivity index (χ2v) is 5.63. The predicted molar refractivity (Wildman–Crippen MR) is 74.9 cm³/mol. The lowest BCUT2D eigenvalue weighted by molar-refractivity contribution is 0.638. The van der Waals surface area contributed by atoms with Gasteiger partial charge >= 0.3 is 0 Å². The van der Waals surface area contributed by atoms with Gasteiger partial charge in [-0.2, -0.15) is 0 Å². The van der Waals surface area contributed by atoms with Crippen molar-refractivity contribution in [3.8, 4) is 0 Å². The molecule has 0 aromatic heterocycles. The van der Waals surface area contributed by atoms with Crippen molar-refractivity contribution in [3.05, 3.63) is 28.2 Å². The van der Waals surface area contributed by atoms with Crippen LogP contribution in [0.25, 0.3) is 0 Å². The summed E-state index contributed by atoms with van der Waals surface area (Å²) in [4.78, 5) is 2.26. The van der Waals surface area contributed by atoms with Gasteiger partial charge in [0.05, 0.1) is 5.69 Å². The lowest BCUT2D eigenvalue weighted by Crippen LogP contribution is -2.22. The zero-order valence-electron chi connectivity index (χ0n) is 10.5. The largest absolute Gasteiger partial charge is 0.373 e. The third kappa shape index (κ3) is 3.49. The summed E-state index contributed by atoms with van der Waals surface area (Å²) < 4.78 is 1.12. The van der Waals surface area contributed by atoms with E-state index in [1.54, 1.807) is 0 Å². The normalized spacial score (nSPS) is 12.9. The molecule has 0 saturated carbocycles. The van der Waals surface area contributed by atoms with Crippen molar-refractivity contribution in [1.29, 1.82) is 0 Å². The van der Waals surface area contributed by atoms with Gasteiger partial charge in [0.25, 0.3) is 0 Å².